The van der Waals surface area contributed by atoms with Gasteiger partial charge in [0, 0.05) is 18.1 Å². The van der Waals surface area contributed by atoms with Crippen LogP contribution in [-0.4, -0.2) is 11.5 Å². The van der Waals surface area contributed by atoms with Crippen LogP contribution in [0.15, 0.2) is 48.5 Å². The van der Waals surface area contributed by atoms with Gasteiger partial charge in [-0.2, -0.15) is 0 Å². The van der Waals surface area contributed by atoms with Gasteiger partial charge >= 0.3 is 0 Å². The largest absolute Gasteiger partial charge is 0.485 e. The number of nitrogens with one attached hydrogen (secondary N) is 1. The quantitative estimate of drug-likeness (QED) is 0.856. The summed E-state index contributed by atoms with van der Waals surface area (Å²) < 4.78 is 6.03. The van der Waals surface area contributed by atoms with Crippen molar-refractivity contribution in [3.05, 3.63) is 65.2 Å². The van der Waals surface area contributed by atoms with E-state index in [2.05, 4.69) is 26.1 Å². The second kappa shape index (κ2) is 5.92. The Balaban J connectivity index is 1.78. The standard InChI is InChI=1S/C20H21NO2/c1-14-9-11-17(19-16(14)13-20(2,3)23-19)21-18(22)12-10-15-7-5-4-6-8-15/h4-12H,13H2,1-3H3,(H,21,22)/b12-10+. The van der Waals surface area contributed by atoms with Gasteiger partial charge in [0.15, 0.2) is 0 Å². The van der Waals surface area contributed by atoms with Gasteiger partial charge in [-0.1, -0.05) is 36.4 Å². The molecule has 0 spiro atoms. The number of hydrogen-bond acceptors (Lipinski definition) is 2. The molecule has 1 N–H and O–H groups in total. The number of ether oxygens (including phenoxy) is 1. The van der Waals surface area contributed by atoms with Gasteiger partial charge in [0.25, 0.3) is 0 Å². The first kappa shape index (κ1) is 15.3. The maximum absolute atomic E-state index is 12.2. The van der Waals surface area contributed by atoms with Crippen LogP contribution in [-0.2, 0) is 11.2 Å². The van der Waals surface area contributed by atoms with Gasteiger partial charge in [-0.25, -0.2) is 0 Å². The molecule has 118 valence electrons. The highest BCUT2D eigenvalue weighted by Crippen LogP contribution is 2.42. The van der Waals surface area contributed by atoms with Crippen LogP contribution in [0.2, 0.25) is 0 Å². The second-order valence-corrected chi connectivity index (χ2v) is 6.51. The van der Waals surface area contributed by atoms with Crippen LogP contribution >= 0.6 is 0 Å². The van der Waals surface area contributed by atoms with Crippen molar-refractivity contribution in [1.29, 1.82) is 0 Å². The zero-order chi connectivity index (χ0) is 16.4. The van der Waals surface area contributed by atoms with Crippen LogP contribution < -0.4 is 10.1 Å². The van der Waals surface area contributed by atoms with Gasteiger partial charge in [0.05, 0.1) is 5.69 Å². The molecule has 0 saturated carbocycles. The lowest BCUT2D eigenvalue weighted by Crippen LogP contribution is -2.25. The lowest BCUT2D eigenvalue weighted by molar-refractivity contribution is -0.111. The topological polar surface area (TPSA) is 38.3 Å². The number of hydrogen-bond donors (Lipinski definition) is 1. The number of aryl methyl sites for hydroxylation is 1. The molecular formula is C20H21NO2. The Morgan fingerprint density at radius 3 is 2.65 bits per heavy atom. The molecule has 0 bridgehead atoms. The summed E-state index contributed by atoms with van der Waals surface area (Å²) in [5.74, 6) is 0.643. The SMILES string of the molecule is Cc1ccc(NC(=O)/C=C/c2ccccc2)c2c1CC(C)(C)O2. The van der Waals surface area contributed by atoms with Gasteiger partial charge in [0.2, 0.25) is 5.91 Å². The van der Waals surface area contributed by atoms with E-state index in [4.69, 9.17) is 4.74 Å². The fraction of sp³-hybridized carbons (Fsp3) is 0.250. The smallest absolute Gasteiger partial charge is 0.248 e. The van der Waals surface area contributed by atoms with E-state index in [0.717, 1.165) is 23.4 Å². The third-order valence-corrected chi connectivity index (χ3v) is 3.96. The van der Waals surface area contributed by atoms with Crippen molar-refractivity contribution in [2.75, 3.05) is 5.32 Å². The van der Waals surface area contributed by atoms with Crippen molar-refractivity contribution >= 4 is 17.7 Å². The number of fused-ring (bicyclic) bond motifs is 1. The Labute approximate surface area is 137 Å². The minimum atomic E-state index is -0.228. The Morgan fingerprint density at radius 2 is 1.91 bits per heavy atom. The summed E-state index contributed by atoms with van der Waals surface area (Å²) in [5.41, 5.74) is 3.88. The first-order valence-electron chi connectivity index (χ1n) is 7.80. The molecule has 0 unspecified atom stereocenters. The zero-order valence-corrected chi connectivity index (χ0v) is 13.7. The molecule has 0 atom stereocenters. The number of carbonyl (C=O) groups excluding carboxylic acids is 1. The average molecular weight is 307 g/mol. The van der Waals surface area contributed by atoms with E-state index in [0.29, 0.717) is 0 Å². The van der Waals surface area contributed by atoms with Crippen molar-refractivity contribution in [2.45, 2.75) is 32.8 Å². The molecule has 3 heteroatoms. The summed E-state index contributed by atoms with van der Waals surface area (Å²) in [5, 5.41) is 2.93. The monoisotopic (exact) mass is 307 g/mol. The normalized spacial score (nSPS) is 15.3. The van der Waals surface area contributed by atoms with E-state index < -0.39 is 0 Å². The molecule has 0 saturated heterocycles. The summed E-state index contributed by atoms with van der Waals surface area (Å²) >= 11 is 0. The minimum absolute atomic E-state index is 0.159. The molecule has 3 rings (SSSR count). The summed E-state index contributed by atoms with van der Waals surface area (Å²) in [6.45, 7) is 6.20. The number of rotatable bonds is 3. The van der Waals surface area contributed by atoms with Gasteiger partial charge in [0.1, 0.15) is 11.4 Å². The third kappa shape index (κ3) is 3.45. The lowest BCUT2D eigenvalue weighted by Gasteiger charge is -2.18. The highest BCUT2D eigenvalue weighted by molar-refractivity contribution is 6.03. The third-order valence-electron chi connectivity index (χ3n) is 3.96. The van der Waals surface area contributed by atoms with Crippen molar-refractivity contribution in [3.8, 4) is 5.75 Å². The van der Waals surface area contributed by atoms with Gasteiger partial charge in [-0.3, -0.25) is 4.79 Å². The molecule has 0 radical (unpaired) electrons. The minimum Gasteiger partial charge on any atom is -0.485 e. The highest BCUT2D eigenvalue weighted by atomic mass is 16.5. The van der Waals surface area contributed by atoms with E-state index in [-0.39, 0.29) is 11.5 Å². The van der Waals surface area contributed by atoms with Gasteiger partial charge in [-0.15, -0.1) is 0 Å². The number of benzene rings is 2. The van der Waals surface area contributed by atoms with E-state index >= 15 is 0 Å². The molecule has 0 fully saturated rings. The number of anilines is 1. The van der Waals surface area contributed by atoms with Crippen molar-refractivity contribution < 1.29 is 9.53 Å². The molecule has 0 aliphatic carbocycles. The molecule has 0 aromatic heterocycles. The van der Waals surface area contributed by atoms with Crippen LogP contribution in [0.3, 0.4) is 0 Å². The predicted molar refractivity (Wildman–Crippen MR) is 93.7 cm³/mol. The maximum atomic E-state index is 12.2. The Morgan fingerprint density at radius 1 is 1.17 bits per heavy atom. The van der Waals surface area contributed by atoms with E-state index in [9.17, 15) is 4.79 Å². The Kier molecular flexibility index (Phi) is 3.95. The second-order valence-electron chi connectivity index (χ2n) is 6.51. The number of amides is 1. The first-order chi connectivity index (χ1) is 10.9. The van der Waals surface area contributed by atoms with Crippen molar-refractivity contribution in [1.82, 2.24) is 0 Å². The summed E-state index contributed by atoms with van der Waals surface area (Å²) in [7, 11) is 0. The summed E-state index contributed by atoms with van der Waals surface area (Å²) in [6.07, 6.45) is 4.20. The first-order valence-corrected chi connectivity index (χ1v) is 7.80. The average Bonchev–Trinajstić information content (AvgIpc) is 2.86. The van der Waals surface area contributed by atoms with Crippen LogP contribution in [0, 0.1) is 6.92 Å². The van der Waals surface area contributed by atoms with Crippen LogP contribution in [0.5, 0.6) is 5.75 Å². The molecule has 1 amide bonds. The summed E-state index contributed by atoms with van der Waals surface area (Å²) in [6, 6.07) is 13.7. The highest BCUT2D eigenvalue weighted by Gasteiger charge is 2.33. The molecule has 1 heterocycles. The fourth-order valence-electron chi connectivity index (χ4n) is 2.81. The molecule has 2 aromatic carbocycles. The number of carbonyl (C=O) groups is 1. The lowest BCUT2D eigenvalue weighted by atomic mass is 9.97. The molecule has 23 heavy (non-hydrogen) atoms. The molecule has 1 aliphatic rings. The van der Waals surface area contributed by atoms with Crippen LogP contribution in [0.4, 0.5) is 5.69 Å². The van der Waals surface area contributed by atoms with Crippen molar-refractivity contribution in [3.63, 3.8) is 0 Å². The molecule has 2 aromatic rings. The van der Waals surface area contributed by atoms with Gasteiger partial charge < -0.3 is 10.1 Å². The van der Waals surface area contributed by atoms with E-state index in [1.54, 1.807) is 12.2 Å². The predicted octanol–water partition coefficient (Wildman–Crippen LogP) is 4.36. The van der Waals surface area contributed by atoms with Crippen LogP contribution in [0.25, 0.3) is 6.08 Å². The van der Waals surface area contributed by atoms with E-state index in [1.807, 2.05) is 42.5 Å². The van der Waals surface area contributed by atoms with Gasteiger partial charge in [-0.05, 0) is 44.0 Å². The van der Waals surface area contributed by atoms with Crippen molar-refractivity contribution in [2.24, 2.45) is 0 Å². The zero-order valence-electron chi connectivity index (χ0n) is 13.7. The molecular weight excluding hydrogens is 286 g/mol. The maximum Gasteiger partial charge on any atom is 0.248 e. The summed E-state index contributed by atoms with van der Waals surface area (Å²) in [4.78, 5) is 12.2. The van der Waals surface area contributed by atoms with E-state index in [1.165, 1.54) is 11.1 Å². The Bertz CT molecular complexity index is 761. The molecule has 1 aliphatic heterocycles. The molecule has 3 nitrogen and oxygen atoms in total. The van der Waals surface area contributed by atoms with Crippen LogP contribution in [0.1, 0.15) is 30.5 Å². The Hall–Kier alpha value is -2.55. The fourth-order valence-corrected chi connectivity index (χ4v) is 2.81.